The first kappa shape index (κ1) is 13.4. The molecular weight excluding hydrogens is 270 g/mol. The average molecular weight is 289 g/mol. The molecule has 5 heteroatoms. The molecule has 2 N–H and O–H groups in total. The van der Waals surface area contributed by atoms with Gasteiger partial charge in [0.2, 0.25) is 5.88 Å². The molecule has 0 bridgehead atoms. The van der Waals surface area contributed by atoms with E-state index in [1.54, 1.807) is 24.6 Å². The Morgan fingerprint density at radius 2 is 2.05 bits per heavy atom. The molecule has 1 saturated carbocycles. The number of anilines is 1. The predicted molar refractivity (Wildman–Crippen MR) is 82.1 cm³/mol. The molecule has 0 radical (unpaired) electrons. The van der Waals surface area contributed by atoms with Crippen molar-refractivity contribution in [3.05, 3.63) is 23.3 Å². The lowest BCUT2D eigenvalue weighted by atomic mass is 9.90. The van der Waals surface area contributed by atoms with Crippen LogP contribution < -0.4 is 10.5 Å². The molecule has 1 aliphatic rings. The van der Waals surface area contributed by atoms with E-state index in [-0.39, 0.29) is 0 Å². The van der Waals surface area contributed by atoms with Crippen LogP contribution in [0.4, 0.5) is 5.00 Å². The summed E-state index contributed by atoms with van der Waals surface area (Å²) < 4.78 is 5.08. The van der Waals surface area contributed by atoms with Crippen LogP contribution >= 0.6 is 11.3 Å². The summed E-state index contributed by atoms with van der Waals surface area (Å²) in [5.41, 5.74) is 7.97. The van der Waals surface area contributed by atoms with Crippen LogP contribution in [0.1, 0.15) is 43.0 Å². The topological polar surface area (TPSA) is 61.0 Å². The Bertz CT molecular complexity index is 573. The number of thiazole rings is 1. The van der Waals surface area contributed by atoms with Crippen molar-refractivity contribution in [3.63, 3.8) is 0 Å². The molecule has 2 aromatic rings. The zero-order valence-corrected chi connectivity index (χ0v) is 12.4. The summed E-state index contributed by atoms with van der Waals surface area (Å²) in [5, 5.41) is 1.98. The molecule has 2 heterocycles. The number of ether oxygens (including phenoxy) is 1. The van der Waals surface area contributed by atoms with Crippen LogP contribution in [-0.2, 0) is 0 Å². The van der Waals surface area contributed by atoms with Gasteiger partial charge in [0.15, 0.2) is 0 Å². The fraction of sp³-hybridized carbons (Fsp3) is 0.467. The van der Waals surface area contributed by atoms with Gasteiger partial charge >= 0.3 is 0 Å². The van der Waals surface area contributed by atoms with Crippen molar-refractivity contribution in [2.75, 3.05) is 12.8 Å². The van der Waals surface area contributed by atoms with Gasteiger partial charge in [-0.25, -0.2) is 9.97 Å². The third-order valence-electron chi connectivity index (χ3n) is 3.84. The summed E-state index contributed by atoms with van der Waals surface area (Å²) in [5.74, 6) is 1.20. The SMILES string of the molecule is COc1ccc(-c2nc(C3CCCCC3)sc2N)cn1. The monoisotopic (exact) mass is 289 g/mol. The van der Waals surface area contributed by atoms with E-state index >= 15 is 0 Å². The fourth-order valence-corrected chi connectivity index (χ4v) is 3.75. The normalized spacial score (nSPS) is 16.2. The van der Waals surface area contributed by atoms with Crippen LogP contribution in [0, 0.1) is 0 Å². The van der Waals surface area contributed by atoms with E-state index in [0.717, 1.165) is 16.3 Å². The van der Waals surface area contributed by atoms with Gasteiger partial charge in [0.05, 0.1) is 12.1 Å². The molecule has 3 rings (SSSR count). The average Bonchev–Trinajstić information content (AvgIpc) is 2.90. The Labute approximate surface area is 123 Å². The van der Waals surface area contributed by atoms with E-state index in [0.29, 0.717) is 11.8 Å². The number of hydrogen-bond acceptors (Lipinski definition) is 5. The molecule has 0 unspecified atom stereocenters. The maximum absolute atomic E-state index is 6.15. The van der Waals surface area contributed by atoms with E-state index in [1.807, 2.05) is 12.1 Å². The number of methoxy groups -OCH3 is 1. The maximum Gasteiger partial charge on any atom is 0.212 e. The second-order valence-corrected chi connectivity index (χ2v) is 6.25. The molecule has 4 nitrogen and oxygen atoms in total. The van der Waals surface area contributed by atoms with Crippen LogP contribution in [-0.4, -0.2) is 17.1 Å². The number of hydrogen-bond donors (Lipinski definition) is 1. The largest absolute Gasteiger partial charge is 0.481 e. The van der Waals surface area contributed by atoms with Gasteiger partial charge in [-0.05, 0) is 18.9 Å². The summed E-state index contributed by atoms with van der Waals surface area (Å²) in [7, 11) is 1.61. The molecule has 1 aliphatic carbocycles. The summed E-state index contributed by atoms with van der Waals surface area (Å²) in [4.78, 5) is 9.00. The molecule has 0 amide bonds. The summed E-state index contributed by atoms with van der Waals surface area (Å²) in [6.07, 6.45) is 8.23. The lowest BCUT2D eigenvalue weighted by Crippen LogP contribution is -2.03. The predicted octanol–water partition coefficient (Wildman–Crippen LogP) is 3.84. The third kappa shape index (κ3) is 2.63. The highest BCUT2D eigenvalue weighted by Gasteiger charge is 2.21. The summed E-state index contributed by atoms with van der Waals surface area (Å²) >= 11 is 1.63. The Kier molecular flexibility index (Phi) is 3.87. The van der Waals surface area contributed by atoms with E-state index in [1.165, 1.54) is 37.1 Å². The molecule has 106 valence electrons. The van der Waals surface area contributed by atoms with Crippen molar-refractivity contribution < 1.29 is 4.74 Å². The molecule has 0 saturated heterocycles. The summed E-state index contributed by atoms with van der Waals surface area (Å²) in [6, 6.07) is 3.80. The minimum Gasteiger partial charge on any atom is -0.481 e. The van der Waals surface area contributed by atoms with E-state index in [2.05, 4.69) is 4.98 Å². The molecular formula is C15H19N3OS. The van der Waals surface area contributed by atoms with Gasteiger partial charge in [-0.3, -0.25) is 0 Å². The molecule has 0 aromatic carbocycles. The number of nitrogens with two attached hydrogens (primary N) is 1. The molecule has 0 aliphatic heterocycles. The molecule has 2 aromatic heterocycles. The van der Waals surface area contributed by atoms with Gasteiger partial charge in [-0.2, -0.15) is 0 Å². The highest BCUT2D eigenvalue weighted by molar-refractivity contribution is 7.16. The van der Waals surface area contributed by atoms with Crippen LogP contribution in [0.25, 0.3) is 11.3 Å². The first-order chi connectivity index (χ1) is 9.78. The van der Waals surface area contributed by atoms with Gasteiger partial charge in [-0.1, -0.05) is 19.3 Å². The Morgan fingerprint density at radius 3 is 2.70 bits per heavy atom. The molecule has 1 fully saturated rings. The fourth-order valence-electron chi connectivity index (χ4n) is 2.72. The van der Waals surface area contributed by atoms with Crippen LogP contribution in [0.5, 0.6) is 5.88 Å². The van der Waals surface area contributed by atoms with E-state index < -0.39 is 0 Å². The van der Waals surface area contributed by atoms with Crippen molar-refractivity contribution in [1.29, 1.82) is 0 Å². The number of nitrogen functional groups attached to an aromatic ring is 1. The van der Waals surface area contributed by atoms with E-state index in [4.69, 9.17) is 15.5 Å². The standard InChI is InChI=1S/C15H19N3OS/c1-19-12-8-7-11(9-17-12)13-14(16)20-15(18-13)10-5-3-2-4-6-10/h7-10H,2-6,16H2,1H3. The van der Waals surface area contributed by atoms with Crippen molar-refractivity contribution in [3.8, 4) is 17.1 Å². The number of aromatic nitrogens is 2. The van der Waals surface area contributed by atoms with E-state index in [9.17, 15) is 0 Å². The van der Waals surface area contributed by atoms with Gasteiger partial charge in [0, 0.05) is 23.7 Å². The lowest BCUT2D eigenvalue weighted by molar-refractivity contribution is 0.398. The first-order valence-electron chi connectivity index (χ1n) is 7.04. The first-order valence-corrected chi connectivity index (χ1v) is 7.86. The second kappa shape index (κ2) is 5.79. The highest BCUT2D eigenvalue weighted by atomic mass is 32.1. The van der Waals surface area contributed by atoms with Gasteiger partial charge in [0.25, 0.3) is 0 Å². The van der Waals surface area contributed by atoms with Crippen molar-refractivity contribution in [1.82, 2.24) is 9.97 Å². The Hall–Kier alpha value is -1.62. The Balaban J connectivity index is 1.87. The Morgan fingerprint density at radius 1 is 1.25 bits per heavy atom. The van der Waals surface area contributed by atoms with Crippen LogP contribution in [0.2, 0.25) is 0 Å². The third-order valence-corrected chi connectivity index (χ3v) is 4.89. The van der Waals surface area contributed by atoms with Crippen LogP contribution in [0.15, 0.2) is 18.3 Å². The van der Waals surface area contributed by atoms with Gasteiger partial charge < -0.3 is 10.5 Å². The summed E-state index contributed by atoms with van der Waals surface area (Å²) in [6.45, 7) is 0. The lowest BCUT2D eigenvalue weighted by Gasteiger charge is -2.18. The minimum absolute atomic E-state index is 0.594. The molecule has 0 atom stereocenters. The quantitative estimate of drug-likeness (QED) is 0.932. The second-order valence-electron chi connectivity index (χ2n) is 5.19. The minimum atomic E-state index is 0.594. The molecule has 0 spiro atoms. The van der Waals surface area contributed by atoms with Gasteiger partial charge in [-0.15, -0.1) is 11.3 Å². The zero-order valence-electron chi connectivity index (χ0n) is 11.6. The smallest absolute Gasteiger partial charge is 0.212 e. The maximum atomic E-state index is 6.15. The van der Waals surface area contributed by atoms with Gasteiger partial charge in [0.1, 0.15) is 10.7 Å². The number of rotatable bonds is 3. The number of pyridine rings is 1. The molecule has 20 heavy (non-hydrogen) atoms. The number of nitrogens with zero attached hydrogens (tertiary/aromatic N) is 2. The van der Waals surface area contributed by atoms with Crippen molar-refractivity contribution >= 4 is 16.3 Å². The van der Waals surface area contributed by atoms with Crippen molar-refractivity contribution in [2.45, 2.75) is 38.0 Å². The zero-order chi connectivity index (χ0) is 13.9. The highest BCUT2D eigenvalue weighted by Crippen LogP contribution is 2.39. The van der Waals surface area contributed by atoms with Crippen LogP contribution in [0.3, 0.4) is 0 Å². The van der Waals surface area contributed by atoms with Crippen molar-refractivity contribution in [2.24, 2.45) is 0 Å².